The first-order chi connectivity index (χ1) is 8.74. The van der Waals surface area contributed by atoms with Gasteiger partial charge in [-0.15, -0.1) is 16.7 Å². The van der Waals surface area contributed by atoms with E-state index in [4.69, 9.17) is 16.0 Å². The van der Waals surface area contributed by atoms with Gasteiger partial charge in [0.2, 0.25) is 11.8 Å². The Hall–Kier alpha value is -1.88. The zero-order valence-corrected chi connectivity index (χ0v) is 10.2. The van der Waals surface area contributed by atoms with Crippen LogP contribution in [0.5, 0.6) is 0 Å². The van der Waals surface area contributed by atoms with Crippen molar-refractivity contribution in [3.63, 3.8) is 0 Å². The number of anilines is 1. The summed E-state index contributed by atoms with van der Waals surface area (Å²) in [4.78, 5) is 13.1. The predicted molar refractivity (Wildman–Crippen MR) is 66.3 cm³/mol. The van der Waals surface area contributed by atoms with Gasteiger partial charge < -0.3 is 4.42 Å². The summed E-state index contributed by atoms with van der Waals surface area (Å²) in [6.45, 7) is 0.414. The average Bonchev–Trinajstić information content (AvgIpc) is 2.97. The molecule has 6 heteroatoms. The minimum absolute atomic E-state index is 0.0849. The molecule has 0 radical (unpaired) electrons. The van der Waals surface area contributed by atoms with Gasteiger partial charge in [0.05, 0.1) is 5.38 Å². The van der Waals surface area contributed by atoms with E-state index in [2.05, 4.69) is 10.2 Å². The first kappa shape index (κ1) is 11.2. The lowest BCUT2D eigenvalue weighted by Gasteiger charge is -2.08. The van der Waals surface area contributed by atoms with E-state index in [9.17, 15) is 4.79 Å². The van der Waals surface area contributed by atoms with Crippen LogP contribution in [0.15, 0.2) is 34.7 Å². The topological polar surface area (TPSA) is 59.2 Å². The van der Waals surface area contributed by atoms with Gasteiger partial charge in [0.15, 0.2) is 0 Å². The number of alkyl halides is 1. The van der Waals surface area contributed by atoms with E-state index in [1.54, 1.807) is 0 Å². The summed E-state index contributed by atoms with van der Waals surface area (Å²) >= 11 is 5.92. The Bertz CT molecular complexity index is 570. The molecule has 0 bridgehead atoms. The molecule has 18 heavy (non-hydrogen) atoms. The van der Waals surface area contributed by atoms with Gasteiger partial charge in [-0.3, -0.25) is 9.69 Å². The number of aromatic nitrogens is 2. The molecule has 1 atom stereocenters. The number of nitrogens with zero attached hydrogens (tertiary/aromatic N) is 3. The maximum absolute atomic E-state index is 11.6. The number of carbonyl (C=O) groups is 1. The maximum Gasteiger partial charge on any atom is 0.325 e. The monoisotopic (exact) mass is 263 g/mol. The predicted octanol–water partition coefficient (Wildman–Crippen LogP) is 2.08. The molecule has 0 aliphatic carbocycles. The molecule has 1 aliphatic rings. The molecule has 2 heterocycles. The van der Waals surface area contributed by atoms with Crippen LogP contribution in [0.2, 0.25) is 0 Å². The molecule has 0 saturated carbocycles. The first-order valence-corrected chi connectivity index (χ1v) is 6.01. The van der Waals surface area contributed by atoms with E-state index >= 15 is 0 Å². The van der Waals surface area contributed by atoms with Crippen LogP contribution in [0.25, 0.3) is 11.5 Å². The maximum atomic E-state index is 11.6. The van der Waals surface area contributed by atoms with Gasteiger partial charge in [-0.05, 0) is 12.1 Å². The Labute approximate surface area is 108 Å². The second kappa shape index (κ2) is 4.42. The van der Waals surface area contributed by atoms with Crippen LogP contribution in [0, 0.1) is 0 Å². The molecule has 0 spiro atoms. The highest BCUT2D eigenvalue weighted by atomic mass is 35.5. The Morgan fingerprint density at radius 1 is 1.28 bits per heavy atom. The van der Waals surface area contributed by atoms with Gasteiger partial charge in [-0.2, -0.15) is 0 Å². The lowest BCUT2D eigenvalue weighted by atomic mass is 10.2. The summed E-state index contributed by atoms with van der Waals surface area (Å²) in [6, 6.07) is 9.62. The molecule has 5 nitrogen and oxygen atoms in total. The summed E-state index contributed by atoms with van der Waals surface area (Å²) in [6.07, 6.45) is 0.310. The summed E-state index contributed by atoms with van der Waals surface area (Å²) < 4.78 is 5.50. The summed E-state index contributed by atoms with van der Waals surface area (Å²) in [5, 5.41) is 7.64. The van der Waals surface area contributed by atoms with Crippen LogP contribution >= 0.6 is 11.6 Å². The molecular formula is C12H10ClN3O2. The van der Waals surface area contributed by atoms with Crippen LogP contribution in [0.4, 0.5) is 6.01 Å². The van der Waals surface area contributed by atoms with Crippen molar-refractivity contribution in [2.75, 3.05) is 11.4 Å². The molecule has 2 aromatic rings. The van der Waals surface area contributed by atoms with Crippen molar-refractivity contribution in [3.8, 4) is 11.5 Å². The van der Waals surface area contributed by atoms with E-state index in [0.717, 1.165) is 5.56 Å². The molecule has 3 rings (SSSR count). The van der Waals surface area contributed by atoms with E-state index in [-0.39, 0.29) is 17.3 Å². The lowest BCUT2D eigenvalue weighted by molar-refractivity contribution is -0.117. The molecule has 1 unspecified atom stereocenters. The number of carbonyl (C=O) groups excluding carboxylic acids is 1. The van der Waals surface area contributed by atoms with Gasteiger partial charge in [-0.25, -0.2) is 0 Å². The molecule has 1 aromatic carbocycles. The lowest BCUT2D eigenvalue weighted by Crippen LogP contribution is -2.24. The van der Waals surface area contributed by atoms with Crippen LogP contribution in [0.3, 0.4) is 0 Å². The van der Waals surface area contributed by atoms with E-state index in [1.807, 2.05) is 30.3 Å². The normalized spacial score (nSPS) is 19.5. The smallest absolute Gasteiger partial charge is 0.325 e. The Morgan fingerprint density at radius 2 is 2.06 bits per heavy atom. The van der Waals surface area contributed by atoms with Crippen LogP contribution < -0.4 is 4.90 Å². The Balaban J connectivity index is 1.88. The zero-order chi connectivity index (χ0) is 12.5. The van der Waals surface area contributed by atoms with Crippen molar-refractivity contribution in [2.24, 2.45) is 0 Å². The number of benzene rings is 1. The standard InChI is InChI=1S/C12H10ClN3O2/c13-9-6-10(17)16(7-9)12-15-14-11(18-12)8-4-2-1-3-5-8/h1-5,9H,6-7H2. The van der Waals surface area contributed by atoms with Crippen molar-refractivity contribution in [3.05, 3.63) is 30.3 Å². The third-order valence-electron chi connectivity index (χ3n) is 2.74. The van der Waals surface area contributed by atoms with Crippen LogP contribution in [0.1, 0.15) is 6.42 Å². The van der Waals surface area contributed by atoms with Gasteiger partial charge in [0, 0.05) is 18.5 Å². The average molecular weight is 264 g/mol. The molecular weight excluding hydrogens is 254 g/mol. The van der Waals surface area contributed by atoms with Crippen LogP contribution in [-0.2, 0) is 4.79 Å². The fourth-order valence-corrected chi connectivity index (χ4v) is 2.14. The van der Waals surface area contributed by atoms with Gasteiger partial charge >= 0.3 is 6.01 Å². The Kier molecular flexibility index (Phi) is 2.76. The Morgan fingerprint density at radius 3 is 2.72 bits per heavy atom. The molecule has 1 saturated heterocycles. The zero-order valence-electron chi connectivity index (χ0n) is 9.41. The van der Waals surface area contributed by atoms with E-state index < -0.39 is 0 Å². The van der Waals surface area contributed by atoms with Crippen LogP contribution in [-0.4, -0.2) is 28.0 Å². The minimum Gasteiger partial charge on any atom is -0.403 e. The largest absolute Gasteiger partial charge is 0.403 e. The summed E-state index contributed by atoms with van der Waals surface area (Å²) in [5.41, 5.74) is 0.824. The summed E-state index contributed by atoms with van der Waals surface area (Å²) in [7, 11) is 0. The molecule has 92 valence electrons. The number of hydrogen-bond acceptors (Lipinski definition) is 4. The van der Waals surface area contributed by atoms with Gasteiger partial charge in [-0.1, -0.05) is 23.3 Å². The highest BCUT2D eigenvalue weighted by Crippen LogP contribution is 2.26. The third-order valence-corrected chi connectivity index (χ3v) is 3.04. The number of hydrogen-bond donors (Lipinski definition) is 0. The van der Waals surface area contributed by atoms with Crippen molar-refractivity contribution >= 4 is 23.5 Å². The van der Waals surface area contributed by atoms with Gasteiger partial charge in [0.1, 0.15) is 0 Å². The molecule has 1 fully saturated rings. The van der Waals surface area contributed by atoms with Crippen molar-refractivity contribution < 1.29 is 9.21 Å². The first-order valence-electron chi connectivity index (χ1n) is 5.57. The van der Waals surface area contributed by atoms with Crippen molar-refractivity contribution in [1.82, 2.24) is 10.2 Å². The highest BCUT2D eigenvalue weighted by molar-refractivity contribution is 6.24. The number of rotatable bonds is 2. The molecule has 0 N–H and O–H groups in total. The molecule has 1 aliphatic heterocycles. The molecule has 1 aromatic heterocycles. The second-order valence-corrected chi connectivity index (χ2v) is 4.68. The van der Waals surface area contributed by atoms with Crippen molar-refractivity contribution in [1.29, 1.82) is 0 Å². The second-order valence-electron chi connectivity index (χ2n) is 4.06. The fourth-order valence-electron chi connectivity index (χ4n) is 1.87. The SMILES string of the molecule is O=C1CC(Cl)CN1c1nnc(-c2ccccc2)o1. The quantitative estimate of drug-likeness (QED) is 0.779. The fraction of sp³-hybridized carbons (Fsp3) is 0.250. The number of amides is 1. The van der Waals surface area contributed by atoms with E-state index in [1.165, 1.54) is 4.90 Å². The van der Waals surface area contributed by atoms with Gasteiger partial charge in [0.25, 0.3) is 0 Å². The minimum atomic E-state index is -0.190. The molecule has 1 amide bonds. The van der Waals surface area contributed by atoms with Crippen molar-refractivity contribution in [2.45, 2.75) is 11.8 Å². The highest BCUT2D eigenvalue weighted by Gasteiger charge is 2.32. The third kappa shape index (κ3) is 1.97. The number of halogens is 1. The summed E-state index contributed by atoms with van der Waals surface area (Å²) in [5.74, 6) is 0.315. The van der Waals surface area contributed by atoms with E-state index in [0.29, 0.717) is 18.9 Å².